The van der Waals surface area contributed by atoms with Gasteiger partial charge in [0.1, 0.15) is 11.5 Å². The van der Waals surface area contributed by atoms with Crippen molar-refractivity contribution in [3.63, 3.8) is 0 Å². The van der Waals surface area contributed by atoms with Crippen LogP contribution in [0.3, 0.4) is 0 Å². The summed E-state index contributed by atoms with van der Waals surface area (Å²) in [5.74, 6) is -1.14. The molecule has 0 aliphatic rings. The molecule has 3 aromatic carbocycles. The van der Waals surface area contributed by atoms with Crippen molar-refractivity contribution in [3.05, 3.63) is 108 Å². The Balaban J connectivity index is 1.65. The average molecular weight is 528 g/mol. The van der Waals surface area contributed by atoms with E-state index in [1.165, 1.54) is 42.3 Å². The van der Waals surface area contributed by atoms with E-state index in [0.717, 1.165) is 0 Å². The SMILES string of the molecule is CC(=O)N(c1ccccc1Cl)c1onc(-c2ccc(F)cc2)c1-c1ccnc(NC(=O)c2ccccc2)n1. The molecule has 0 atom stereocenters. The number of hydrogen-bond acceptors (Lipinski definition) is 6. The fourth-order valence-corrected chi connectivity index (χ4v) is 4.07. The van der Waals surface area contributed by atoms with Crippen LogP contribution in [0.1, 0.15) is 17.3 Å². The Hall–Kier alpha value is -4.89. The Kier molecular flexibility index (Phi) is 6.92. The third-order valence-corrected chi connectivity index (χ3v) is 5.90. The summed E-state index contributed by atoms with van der Waals surface area (Å²) in [6.07, 6.45) is 1.46. The summed E-state index contributed by atoms with van der Waals surface area (Å²) in [6, 6.07) is 22.6. The quantitative estimate of drug-likeness (QED) is 0.269. The molecule has 0 fully saturated rings. The van der Waals surface area contributed by atoms with Crippen molar-refractivity contribution in [2.75, 3.05) is 10.2 Å². The lowest BCUT2D eigenvalue weighted by Crippen LogP contribution is -2.23. The van der Waals surface area contributed by atoms with Gasteiger partial charge in [-0.1, -0.05) is 47.1 Å². The molecule has 0 spiro atoms. The number of benzene rings is 3. The number of anilines is 3. The molecule has 188 valence electrons. The maximum absolute atomic E-state index is 13.7. The van der Waals surface area contributed by atoms with E-state index in [0.29, 0.717) is 38.8 Å². The second-order valence-electron chi connectivity index (χ2n) is 8.11. The molecule has 2 aromatic heterocycles. The molecule has 8 nitrogen and oxygen atoms in total. The van der Waals surface area contributed by atoms with Gasteiger partial charge in [0.05, 0.1) is 22.0 Å². The molecule has 0 bridgehead atoms. The van der Waals surface area contributed by atoms with Gasteiger partial charge in [0.15, 0.2) is 0 Å². The maximum atomic E-state index is 13.7. The molecule has 0 radical (unpaired) electrons. The molecule has 0 aliphatic heterocycles. The van der Waals surface area contributed by atoms with Crippen LogP contribution in [0.4, 0.5) is 21.9 Å². The topological polar surface area (TPSA) is 101 Å². The Bertz CT molecular complexity index is 1620. The average Bonchev–Trinajstić information content (AvgIpc) is 3.35. The van der Waals surface area contributed by atoms with Crippen LogP contribution >= 0.6 is 11.6 Å². The number of amides is 2. The van der Waals surface area contributed by atoms with E-state index < -0.39 is 17.6 Å². The standard InChI is InChI=1S/C28H19ClFN5O3/c1-17(36)35(23-10-6-5-9-21(23)29)27-24(25(34-38-27)18-11-13-20(30)14-12-18)22-15-16-31-28(32-22)33-26(37)19-7-3-2-4-8-19/h2-16H,1H3,(H,31,32,33,37). The van der Waals surface area contributed by atoms with E-state index >= 15 is 0 Å². The smallest absolute Gasteiger partial charge is 0.258 e. The van der Waals surface area contributed by atoms with Gasteiger partial charge in [0.2, 0.25) is 17.7 Å². The van der Waals surface area contributed by atoms with Crippen LogP contribution in [-0.2, 0) is 4.79 Å². The van der Waals surface area contributed by atoms with E-state index in [1.807, 2.05) is 0 Å². The molecule has 38 heavy (non-hydrogen) atoms. The lowest BCUT2D eigenvalue weighted by Gasteiger charge is -2.20. The summed E-state index contributed by atoms with van der Waals surface area (Å²) in [5.41, 5.74) is 2.25. The van der Waals surface area contributed by atoms with Crippen LogP contribution in [0.25, 0.3) is 22.5 Å². The number of para-hydroxylation sites is 1. The van der Waals surface area contributed by atoms with Crippen molar-refractivity contribution in [1.82, 2.24) is 15.1 Å². The van der Waals surface area contributed by atoms with Gasteiger partial charge in [-0.3, -0.25) is 14.9 Å². The number of carbonyl (C=O) groups is 2. The molecule has 1 N–H and O–H groups in total. The van der Waals surface area contributed by atoms with Gasteiger partial charge in [-0.15, -0.1) is 0 Å². The first kappa shape index (κ1) is 24.8. The zero-order valence-corrected chi connectivity index (χ0v) is 20.7. The second-order valence-corrected chi connectivity index (χ2v) is 8.52. The summed E-state index contributed by atoms with van der Waals surface area (Å²) in [5, 5.41) is 7.19. The van der Waals surface area contributed by atoms with Crippen LogP contribution in [0, 0.1) is 5.82 Å². The maximum Gasteiger partial charge on any atom is 0.258 e. The molecule has 5 aromatic rings. The fraction of sp³-hybridized carbons (Fsp3) is 0.0357. The minimum Gasteiger partial charge on any atom is -0.336 e. The van der Waals surface area contributed by atoms with Crippen molar-refractivity contribution in [3.8, 4) is 22.5 Å². The Morgan fingerprint density at radius 1 is 0.947 bits per heavy atom. The number of aromatic nitrogens is 3. The number of rotatable bonds is 6. The normalized spacial score (nSPS) is 10.7. The molecular formula is C28H19ClFN5O3. The molecule has 2 heterocycles. The number of nitrogens with one attached hydrogen (secondary N) is 1. The molecule has 2 amide bonds. The highest BCUT2D eigenvalue weighted by Gasteiger charge is 2.29. The number of hydrogen-bond donors (Lipinski definition) is 1. The van der Waals surface area contributed by atoms with Crippen LogP contribution in [0.2, 0.25) is 5.02 Å². The molecule has 5 rings (SSSR count). The first-order chi connectivity index (χ1) is 18.4. The summed E-state index contributed by atoms with van der Waals surface area (Å²) in [7, 11) is 0. The molecule has 10 heteroatoms. The zero-order chi connectivity index (χ0) is 26.6. The lowest BCUT2D eigenvalue weighted by molar-refractivity contribution is -0.116. The van der Waals surface area contributed by atoms with Crippen molar-refractivity contribution >= 4 is 40.9 Å². The minimum absolute atomic E-state index is 0.0284. The van der Waals surface area contributed by atoms with E-state index in [4.69, 9.17) is 16.1 Å². The van der Waals surface area contributed by atoms with Gasteiger partial charge in [-0.25, -0.2) is 19.3 Å². The predicted octanol–water partition coefficient (Wildman–Crippen LogP) is 6.53. The number of nitrogens with zero attached hydrogens (tertiary/aromatic N) is 4. The third-order valence-electron chi connectivity index (χ3n) is 5.58. The number of carbonyl (C=O) groups excluding carboxylic acids is 2. The van der Waals surface area contributed by atoms with E-state index in [-0.39, 0.29) is 11.8 Å². The minimum atomic E-state index is -0.423. The van der Waals surface area contributed by atoms with E-state index in [9.17, 15) is 14.0 Å². The van der Waals surface area contributed by atoms with Crippen molar-refractivity contribution in [2.24, 2.45) is 0 Å². The van der Waals surface area contributed by atoms with Gasteiger partial charge >= 0.3 is 0 Å². The van der Waals surface area contributed by atoms with Gasteiger partial charge < -0.3 is 4.52 Å². The fourth-order valence-electron chi connectivity index (χ4n) is 3.85. The second kappa shape index (κ2) is 10.6. The summed E-state index contributed by atoms with van der Waals surface area (Å²) in [4.78, 5) is 35.5. The Morgan fingerprint density at radius 3 is 2.37 bits per heavy atom. The monoisotopic (exact) mass is 527 g/mol. The highest BCUT2D eigenvalue weighted by molar-refractivity contribution is 6.34. The Morgan fingerprint density at radius 2 is 1.66 bits per heavy atom. The van der Waals surface area contributed by atoms with Crippen LogP contribution in [-0.4, -0.2) is 26.9 Å². The summed E-state index contributed by atoms with van der Waals surface area (Å²) in [6.45, 7) is 1.36. The highest BCUT2D eigenvalue weighted by atomic mass is 35.5. The van der Waals surface area contributed by atoms with E-state index in [2.05, 4.69) is 20.4 Å². The molecule has 0 unspecified atom stereocenters. The predicted molar refractivity (Wildman–Crippen MR) is 142 cm³/mol. The first-order valence-corrected chi connectivity index (χ1v) is 11.8. The van der Waals surface area contributed by atoms with Gasteiger partial charge in [0, 0.05) is 24.2 Å². The van der Waals surface area contributed by atoms with Gasteiger partial charge in [0.25, 0.3) is 5.91 Å². The van der Waals surface area contributed by atoms with Gasteiger partial charge in [-0.2, -0.15) is 0 Å². The van der Waals surface area contributed by atoms with Crippen LogP contribution in [0.5, 0.6) is 0 Å². The molecule has 0 aliphatic carbocycles. The first-order valence-electron chi connectivity index (χ1n) is 11.4. The number of halogens is 2. The lowest BCUT2D eigenvalue weighted by atomic mass is 10.0. The van der Waals surface area contributed by atoms with Crippen molar-refractivity contribution in [2.45, 2.75) is 6.92 Å². The molecule has 0 saturated heterocycles. The van der Waals surface area contributed by atoms with E-state index in [1.54, 1.807) is 60.7 Å². The third kappa shape index (κ3) is 5.00. The molecular weight excluding hydrogens is 509 g/mol. The van der Waals surface area contributed by atoms with Gasteiger partial charge in [-0.05, 0) is 54.6 Å². The summed E-state index contributed by atoms with van der Waals surface area (Å²) < 4.78 is 19.4. The van der Waals surface area contributed by atoms with Crippen LogP contribution in [0.15, 0.2) is 95.6 Å². The highest BCUT2D eigenvalue weighted by Crippen LogP contribution is 2.43. The summed E-state index contributed by atoms with van der Waals surface area (Å²) >= 11 is 6.42. The van der Waals surface area contributed by atoms with Crippen LogP contribution < -0.4 is 10.2 Å². The zero-order valence-electron chi connectivity index (χ0n) is 19.9. The Labute approximate surface area is 221 Å². The van der Waals surface area contributed by atoms with Crippen molar-refractivity contribution < 1.29 is 18.5 Å². The molecule has 0 saturated carbocycles. The van der Waals surface area contributed by atoms with Crippen molar-refractivity contribution in [1.29, 1.82) is 0 Å². The largest absolute Gasteiger partial charge is 0.336 e.